The van der Waals surface area contributed by atoms with Gasteiger partial charge in [-0.1, -0.05) is 18.1 Å². The van der Waals surface area contributed by atoms with Gasteiger partial charge in [0.15, 0.2) is 11.5 Å². The average Bonchev–Trinajstić information content (AvgIpc) is 3.67. The molecule has 5 atom stereocenters. The Labute approximate surface area is 231 Å². The molecule has 2 aromatic carbocycles. The maximum absolute atomic E-state index is 13.4. The van der Waals surface area contributed by atoms with Crippen LogP contribution >= 0.6 is 0 Å². The number of phenolic OH excluding ortho intramolecular Hbond substituents is 1. The van der Waals surface area contributed by atoms with E-state index in [-0.39, 0.29) is 29.2 Å². The SMILES string of the molecule is Cc1cccc(C#CC(=O)N(C)[C@H]2CC[C@H]3[C@H]4Cc5c(N(C)C)cc(O)c6c5[C@@]3(CCN4CC3CC3)[C@H]2O6)c1. The normalized spacial score (nSPS) is 30.1. The Bertz CT molecular complexity index is 1400. The van der Waals surface area contributed by atoms with Crippen LogP contribution in [0.3, 0.4) is 0 Å². The number of nitrogens with zero attached hydrogens (tertiary/aromatic N) is 3. The number of phenols is 1. The zero-order chi connectivity index (χ0) is 27.1. The molecule has 6 nitrogen and oxygen atoms in total. The van der Waals surface area contributed by atoms with Crippen molar-refractivity contribution >= 4 is 11.6 Å². The Kier molecular flexibility index (Phi) is 5.68. The van der Waals surface area contributed by atoms with E-state index in [1.165, 1.54) is 30.5 Å². The lowest BCUT2D eigenvalue weighted by Crippen LogP contribution is -2.69. The monoisotopic (exact) mass is 525 g/mol. The summed E-state index contributed by atoms with van der Waals surface area (Å²) in [5.41, 5.74) is 5.48. The van der Waals surface area contributed by atoms with Crippen LogP contribution in [0.15, 0.2) is 30.3 Å². The van der Waals surface area contributed by atoms with Crippen LogP contribution in [0, 0.1) is 30.6 Å². The van der Waals surface area contributed by atoms with Crippen LogP contribution in [0.4, 0.5) is 5.69 Å². The molecule has 7 rings (SSSR count). The Morgan fingerprint density at radius 3 is 2.74 bits per heavy atom. The van der Waals surface area contributed by atoms with E-state index in [0.717, 1.165) is 55.0 Å². The highest BCUT2D eigenvalue weighted by Crippen LogP contribution is 2.65. The lowest BCUT2D eigenvalue weighted by atomic mass is 9.50. The van der Waals surface area contributed by atoms with Crippen LogP contribution in [0.5, 0.6) is 11.5 Å². The van der Waals surface area contributed by atoms with Crippen molar-refractivity contribution in [3.8, 4) is 23.3 Å². The molecule has 2 saturated carbocycles. The fourth-order valence-corrected chi connectivity index (χ4v) is 8.40. The number of amides is 1. The Morgan fingerprint density at radius 1 is 1.18 bits per heavy atom. The summed E-state index contributed by atoms with van der Waals surface area (Å²) in [4.78, 5) is 20.2. The Balaban J connectivity index is 1.27. The molecule has 1 N–H and O–H groups in total. The molecule has 2 bridgehead atoms. The molecule has 0 unspecified atom stereocenters. The maximum Gasteiger partial charge on any atom is 0.298 e. The number of hydrogen-bond acceptors (Lipinski definition) is 5. The topological polar surface area (TPSA) is 56.2 Å². The number of piperidine rings is 1. The number of likely N-dealkylation sites (tertiary alicyclic amines) is 1. The van der Waals surface area contributed by atoms with Gasteiger partial charge in [0.1, 0.15) is 6.10 Å². The number of aromatic hydroxyl groups is 1. The van der Waals surface area contributed by atoms with Crippen molar-refractivity contribution < 1.29 is 14.6 Å². The van der Waals surface area contributed by atoms with Gasteiger partial charge in [0.2, 0.25) is 0 Å². The number of ether oxygens (including phenoxy) is 1. The van der Waals surface area contributed by atoms with Crippen LogP contribution < -0.4 is 9.64 Å². The lowest BCUT2D eigenvalue weighted by Gasteiger charge is -2.60. The van der Waals surface area contributed by atoms with E-state index in [1.54, 1.807) is 0 Å². The number of carbonyl (C=O) groups is 1. The van der Waals surface area contributed by atoms with Crippen LogP contribution in [0.2, 0.25) is 0 Å². The first-order valence-electron chi connectivity index (χ1n) is 14.6. The number of hydrogen-bond donors (Lipinski definition) is 1. The number of aryl methyl sites for hydroxylation is 1. The fraction of sp³-hybridized carbons (Fsp3) is 0.545. The van der Waals surface area contributed by atoms with Crippen LogP contribution in [-0.4, -0.2) is 73.2 Å². The molecule has 5 aliphatic rings. The quantitative estimate of drug-likeness (QED) is 0.610. The summed E-state index contributed by atoms with van der Waals surface area (Å²) in [7, 11) is 6.01. The van der Waals surface area contributed by atoms with Crippen molar-refractivity contribution in [2.45, 2.75) is 69.1 Å². The van der Waals surface area contributed by atoms with Gasteiger partial charge in [-0.15, -0.1) is 0 Å². The number of anilines is 1. The Hall–Kier alpha value is -3.17. The summed E-state index contributed by atoms with van der Waals surface area (Å²) in [5, 5.41) is 11.2. The summed E-state index contributed by atoms with van der Waals surface area (Å²) in [6.07, 6.45) is 6.52. The van der Waals surface area contributed by atoms with Gasteiger partial charge in [-0.05, 0) is 87.1 Å². The zero-order valence-electron chi connectivity index (χ0n) is 23.5. The molecule has 1 spiro atoms. The van der Waals surface area contributed by atoms with Gasteiger partial charge in [0, 0.05) is 67.9 Å². The predicted molar refractivity (Wildman–Crippen MR) is 152 cm³/mol. The van der Waals surface area contributed by atoms with Gasteiger partial charge in [0.25, 0.3) is 5.91 Å². The largest absolute Gasteiger partial charge is 0.504 e. The standard InChI is InChI=1S/C33H39N3O3/c1-20-6-5-7-21(16-20)10-13-29(38)35(4)25-12-11-24-27-17-23-26(34(2)3)18-28(37)31-30(23)33(24,32(25)39-31)14-15-36(27)19-22-8-9-22/h5-7,16,18,22,24-25,27,32,37H,8-9,11-12,14-15,17,19H2,1-4H3/t24-,25-,27+,32-,33-/m0/s1. The first kappa shape index (κ1) is 24.8. The molecule has 0 aromatic heterocycles. The highest BCUT2D eigenvalue weighted by molar-refractivity contribution is 5.94. The number of benzene rings is 2. The van der Waals surface area contributed by atoms with Crippen molar-refractivity contribution in [3.05, 3.63) is 52.6 Å². The second-order valence-corrected chi connectivity index (χ2v) is 12.8. The van der Waals surface area contributed by atoms with Gasteiger partial charge in [-0.3, -0.25) is 9.69 Å². The minimum absolute atomic E-state index is 0.0863. The minimum atomic E-state index is -0.182. The van der Waals surface area contributed by atoms with E-state index in [9.17, 15) is 9.90 Å². The first-order chi connectivity index (χ1) is 18.8. The predicted octanol–water partition coefficient (Wildman–Crippen LogP) is 4.09. The molecule has 0 radical (unpaired) electrons. The van der Waals surface area contributed by atoms with Gasteiger partial charge in [0.05, 0.1) is 6.04 Å². The molecule has 2 aliphatic heterocycles. The summed E-state index contributed by atoms with van der Waals surface area (Å²) in [5.74, 6) is 8.02. The van der Waals surface area contributed by atoms with Gasteiger partial charge in [-0.25, -0.2) is 0 Å². The summed E-state index contributed by atoms with van der Waals surface area (Å²) in [6.45, 7) is 4.29. The van der Waals surface area contributed by atoms with Crippen LogP contribution in [0.25, 0.3) is 0 Å². The third-order valence-corrected chi connectivity index (χ3v) is 10.3. The third-order valence-electron chi connectivity index (χ3n) is 10.3. The van der Waals surface area contributed by atoms with Crippen molar-refractivity contribution in [2.24, 2.45) is 11.8 Å². The van der Waals surface area contributed by atoms with Crippen molar-refractivity contribution in [3.63, 3.8) is 0 Å². The smallest absolute Gasteiger partial charge is 0.298 e. The molecule has 2 heterocycles. The minimum Gasteiger partial charge on any atom is -0.504 e. The van der Waals surface area contributed by atoms with Crippen LogP contribution in [0.1, 0.15) is 54.4 Å². The third kappa shape index (κ3) is 3.77. The molecular formula is C33H39N3O3. The molecule has 1 saturated heterocycles. The highest BCUT2D eigenvalue weighted by Gasteiger charge is 2.67. The molecule has 204 valence electrons. The van der Waals surface area contributed by atoms with E-state index < -0.39 is 0 Å². The van der Waals surface area contributed by atoms with E-state index in [0.29, 0.717) is 17.7 Å². The van der Waals surface area contributed by atoms with E-state index in [4.69, 9.17) is 4.74 Å². The second kappa shape index (κ2) is 8.93. The second-order valence-electron chi connectivity index (χ2n) is 12.8. The highest BCUT2D eigenvalue weighted by atomic mass is 16.5. The van der Waals surface area contributed by atoms with E-state index in [1.807, 2.05) is 49.2 Å². The molecule has 3 fully saturated rings. The van der Waals surface area contributed by atoms with Crippen molar-refractivity contribution in [2.75, 3.05) is 39.1 Å². The molecule has 6 heteroatoms. The van der Waals surface area contributed by atoms with Gasteiger partial charge < -0.3 is 19.6 Å². The van der Waals surface area contributed by atoms with Crippen molar-refractivity contribution in [1.82, 2.24) is 9.80 Å². The summed E-state index contributed by atoms with van der Waals surface area (Å²) < 4.78 is 6.81. The molecular weight excluding hydrogens is 486 g/mol. The molecule has 2 aromatic rings. The molecule has 3 aliphatic carbocycles. The lowest BCUT2D eigenvalue weighted by molar-refractivity contribution is -0.134. The molecule has 39 heavy (non-hydrogen) atoms. The summed E-state index contributed by atoms with van der Waals surface area (Å²) >= 11 is 0. The summed E-state index contributed by atoms with van der Waals surface area (Å²) in [6, 6.07) is 10.2. The Morgan fingerprint density at radius 2 is 2.00 bits per heavy atom. The number of likely N-dealkylation sites (N-methyl/N-ethyl adjacent to an activating group) is 1. The van der Waals surface area contributed by atoms with E-state index in [2.05, 4.69) is 35.7 Å². The fourth-order valence-electron chi connectivity index (χ4n) is 8.40. The van der Waals surface area contributed by atoms with Crippen LogP contribution in [-0.2, 0) is 16.6 Å². The maximum atomic E-state index is 13.4. The van der Waals surface area contributed by atoms with E-state index >= 15 is 0 Å². The zero-order valence-corrected chi connectivity index (χ0v) is 23.5. The first-order valence-corrected chi connectivity index (χ1v) is 14.6. The van der Waals surface area contributed by atoms with Gasteiger partial charge in [-0.2, -0.15) is 0 Å². The number of carbonyl (C=O) groups excluding carboxylic acids is 1. The number of rotatable bonds is 4. The van der Waals surface area contributed by atoms with Gasteiger partial charge >= 0.3 is 0 Å². The van der Waals surface area contributed by atoms with Crippen molar-refractivity contribution in [1.29, 1.82) is 0 Å². The molecule has 1 amide bonds. The average molecular weight is 526 g/mol.